The molecule has 0 aliphatic carbocycles. The first-order chi connectivity index (χ1) is 20.4. The van der Waals surface area contributed by atoms with Gasteiger partial charge in [-0.05, 0) is 97.4 Å². The Balaban J connectivity index is 1.31. The van der Waals surface area contributed by atoms with Crippen LogP contribution in [-0.2, 0) is 0 Å². The second-order valence-electron chi connectivity index (χ2n) is 9.41. The van der Waals surface area contributed by atoms with E-state index in [1.165, 1.54) is 61.5 Å². The number of hydrogen-bond acceptors (Lipinski definition) is 8. The number of unbranched alkanes of at least 4 members (excludes halogenated alkanes) is 3. The maximum absolute atomic E-state index is 12.7. The summed E-state index contributed by atoms with van der Waals surface area (Å²) in [5, 5.41) is 10.2. The van der Waals surface area contributed by atoms with Crippen molar-refractivity contribution in [1.29, 1.82) is 0 Å². The van der Waals surface area contributed by atoms with Crippen molar-refractivity contribution >= 4 is 23.8 Å². The third-order valence-electron chi connectivity index (χ3n) is 6.29. The van der Waals surface area contributed by atoms with E-state index in [1.54, 1.807) is 55.6 Å². The first-order valence-corrected chi connectivity index (χ1v) is 13.7. The van der Waals surface area contributed by atoms with Gasteiger partial charge in [-0.1, -0.05) is 26.2 Å². The van der Waals surface area contributed by atoms with E-state index in [0.717, 1.165) is 12.8 Å². The molecule has 0 aliphatic rings. The van der Waals surface area contributed by atoms with Crippen LogP contribution in [-0.4, -0.2) is 37.0 Å². The summed E-state index contributed by atoms with van der Waals surface area (Å²) in [5.41, 5.74) is 1.69. The minimum atomic E-state index is -0.609. The van der Waals surface area contributed by atoms with Crippen molar-refractivity contribution in [3.05, 3.63) is 108 Å². The Bertz CT molecular complexity index is 1490. The molecule has 0 spiro atoms. The average molecular weight is 568 g/mol. The molecule has 4 aromatic rings. The second-order valence-corrected chi connectivity index (χ2v) is 9.41. The van der Waals surface area contributed by atoms with Crippen molar-refractivity contribution < 1.29 is 33.6 Å². The number of carbonyl (C=O) groups excluding carboxylic acids is 2. The number of rotatable bonds is 13. The zero-order valence-electron chi connectivity index (χ0n) is 23.6. The fourth-order valence-corrected chi connectivity index (χ4v) is 3.91. The molecule has 0 amide bonds. The van der Waals surface area contributed by atoms with E-state index < -0.39 is 11.9 Å². The topological polar surface area (TPSA) is 104 Å². The van der Waals surface area contributed by atoms with E-state index in [9.17, 15) is 14.7 Å². The van der Waals surface area contributed by atoms with Crippen LogP contribution in [0.5, 0.6) is 28.7 Å². The molecular formula is C34H33NO7. The average Bonchev–Trinajstić information content (AvgIpc) is 3.02. The van der Waals surface area contributed by atoms with Crippen LogP contribution in [0.3, 0.4) is 0 Å². The number of hydrogen-bond donors (Lipinski definition) is 1. The minimum absolute atomic E-state index is 0.0113. The van der Waals surface area contributed by atoms with Crippen molar-refractivity contribution in [2.24, 2.45) is 4.99 Å². The summed E-state index contributed by atoms with van der Waals surface area (Å²) in [6, 6.07) is 24.4. The minimum Gasteiger partial charge on any atom is -0.507 e. The Morgan fingerprint density at radius 1 is 0.714 bits per heavy atom. The summed E-state index contributed by atoms with van der Waals surface area (Å²) in [6.45, 7) is 2.81. The smallest absolute Gasteiger partial charge is 0.343 e. The van der Waals surface area contributed by atoms with E-state index in [0.29, 0.717) is 34.9 Å². The lowest BCUT2D eigenvalue weighted by Gasteiger charge is -2.09. The number of methoxy groups -OCH3 is 1. The zero-order chi connectivity index (χ0) is 29.7. The third-order valence-corrected chi connectivity index (χ3v) is 6.29. The van der Waals surface area contributed by atoms with Crippen LogP contribution in [0.2, 0.25) is 0 Å². The molecule has 0 heterocycles. The van der Waals surface area contributed by atoms with E-state index in [-0.39, 0.29) is 22.8 Å². The number of phenolic OH excluding ortho intramolecular Hbond substituents is 1. The van der Waals surface area contributed by atoms with Gasteiger partial charge in [0.05, 0.1) is 30.5 Å². The Morgan fingerprint density at radius 2 is 1.29 bits per heavy atom. The fourth-order valence-electron chi connectivity index (χ4n) is 3.91. The number of esters is 2. The molecule has 0 radical (unpaired) electrons. The number of phenols is 1. The largest absolute Gasteiger partial charge is 0.507 e. The Hall–Kier alpha value is -5.11. The number of aliphatic imine (C=N–C) groups is 1. The van der Waals surface area contributed by atoms with Gasteiger partial charge in [-0.25, -0.2) is 9.59 Å². The monoisotopic (exact) mass is 567 g/mol. The molecule has 8 nitrogen and oxygen atoms in total. The third kappa shape index (κ3) is 8.69. The van der Waals surface area contributed by atoms with Crippen LogP contribution >= 0.6 is 0 Å². The quantitative estimate of drug-likeness (QED) is 0.0770. The Morgan fingerprint density at radius 3 is 1.90 bits per heavy atom. The van der Waals surface area contributed by atoms with Gasteiger partial charge in [0.1, 0.15) is 28.7 Å². The first kappa shape index (κ1) is 29.9. The summed E-state index contributed by atoms with van der Waals surface area (Å²) >= 11 is 0. The lowest BCUT2D eigenvalue weighted by atomic mass is 10.2. The summed E-state index contributed by atoms with van der Waals surface area (Å²) < 4.78 is 21.8. The summed E-state index contributed by atoms with van der Waals surface area (Å²) in [7, 11) is 1.58. The molecule has 0 aromatic heterocycles. The highest BCUT2D eigenvalue weighted by Gasteiger charge is 2.13. The first-order valence-electron chi connectivity index (χ1n) is 13.7. The predicted molar refractivity (Wildman–Crippen MR) is 161 cm³/mol. The van der Waals surface area contributed by atoms with E-state index in [4.69, 9.17) is 18.9 Å². The summed E-state index contributed by atoms with van der Waals surface area (Å²) in [6.07, 6.45) is 5.98. The van der Waals surface area contributed by atoms with Crippen LogP contribution in [0.4, 0.5) is 5.69 Å². The molecule has 0 saturated carbocycles. The Kier molecular flexibility index (Phi) is 10.7. The number of aromatic hydroxyl groups is 1. The fraction of sp³-hybridized carbons (Fsp3) is 0.206. The molecular weight excluding hydrogens is 534 g/mol. The lowest BCUT2D eigenvalue weighted by molar-refractivity contribution is 0.0730. The normalized spacial score (nSPS) is 10.8. The number of nitrogens with zero attached hydrogens (tertiary/aromatic N) is 1. The second kappa shape index (κ2) is 15.0. The van der Waals surface area contributed by atoms with Crippen molar-refractivity contribution in [1.82, 2.24) is 0 Å². The van der Waals surface area contributed by atoms with E-state index in [1.807, 2.05) is 0 Å². The molecule has 8 heteroatoms. The molecule has 4 aromatic carbocycles. The van der Waals surface area contributed by atoms with Crippen molar-refractivity contribution in [2.75, 3.05) is 13.7 Å². The molecule has 42 heavy (non-hydrogen) atoms. The van der Waals surface area contributed by atoms with Gasteiger partial charge in [0.15, 0.2) is 0 Å². The molecule has 0 fully saturated rings. The van der Waals surface area contributed by atoms with Gasteiger partial charge in [0.2, 0.25) is 0 Å². The van der Waals surface area contributed by atoms with Gasteiger partial charge in [-0.15, -0.1) is 0 Å². The highest BCUT2D eigenvalue weighted by molar-refractivity contribution is 5.93. The Labute approximate surface area is 245 Å². The van der Waals surface area contributed by atoms with Crippen LogP contribution < -0.4 is 18.9 Å². The van der Waals surface area contributed by atoms with Gasteiger partial charge in [-0.2, -0.15) is 0 Å². The highest BCUT2D eigenvalue weighted by atomic mass is 16.5. The van der Waals surface area contributed by atoms with Gasteiger partial charge in [-0.3, -0.25) is 4.99 Å². The van der Waals surface area contributed by atoms with Gasteiger partial charge >= 0.3 is 11.9 Å². The van der Waals surface area contributed by atoms with E-state index >= 15 is 0 Å². The maximum Gasteiger partial charge on any atom is 0.343 e. The molecule has 0 saturated heterocycles. The van der Waals surface area contributed by atoms with Crippen LogP contribution in [0.25, 0.3) is 0 Å². The SMILES string of the molecule is CCCCCCOc1ccc(C(=O)Oc2ccc(C(=O)Oc3ccc(O)c(C=Nc4ccc(OC)cc4)c3)cc2)cc1. The number of carbonyl (C=O) groups is 2. The summed E-state index contributed by atoms with van der Waals surface area (Å²) in [5.74, 6) is 0.793. The molecule has 0 aliphatic heterocycles. The molecule has 4 rings (SSSR count). The zero-order valence-corrected chi connectivity index (χ0v) is 23.6. The van der Waals surface area contributed by atoms with Gasteiger partial charge < -0.3 is 24.1 Å². The van der Waals surface area contributed by atoms with Gasteiger partial charge in [0, 0.05) is 11.8 Å². The van der Waals surface area contributed by atoms with Crippen molar-refractivity contribution in [3.63, 3.8) is 0 Å². The molecule has 0 unspecified atom stereocenters. The standard InChI is InChI=1S/C34H33NO7/c1-3-4-5-6-21-40-29-13-7-24(8-14-29)33(37)41-30-15-9-25(10-16-30)34(38)42-31-19-20-32(36)26(22-31)23-35-27-11-17-28(39-2)18-12-27/h7-20,22-23,36H,3-6,21H2,1-2H3. The highest BCUT2D eigenvalue weighted by Crippen LogP contribution is 2.25. The van der Waals surface area contributed by atoms with Crippen LogP contribution in [0.15, 0.2) is 96.0 Å². The van der Waals surface area contributed by atoms with Crippen LogP contribution in [0.1, 0.15) is 58.9 Å². The molecule has 0 atom stereocenters. The molecule has 0 bridgehead atoms. The molecule has 1 N–H and O–H groups in total. The van der Waals surface area contributed by atoms with Gasteiger partial charge in [0.25, 0.3) is 0 Å². The number of benzene rings is 4. The maximum atomic E-state index is 12.7. The van der Waals surface area contributed by atoms with E-state index in [2.05, 4.69) is 11.9 Å². The van der Waals surface area contributed by atoms with Crippen molar-refractivity contribution in [3.8, 4) is 28.7 Å². The molecule has 216 valence electrons. The lowest BCUT2D eigenvalue weighted by Crippen LogP contribution is -2.10. The van der Waals surface area contributed by atoms with Crippen molar-refractivity contribution in [2.45, 2.75) is 32.6 Å². The summed E-state index contributed by atoms with van der Waals surface area (Å²) in [4.78, 5) is 29.6. The number of ether oxygens (including phenoxy) is 4. The predicted octanol–water partition coefficient (Wildman–Crippen LogP) is 7.55. The van der Waals surface area contributed by atoms with Crippen LogP contribution in [0, 0.1) is 0 Å².